The number of rotatable bonds is 6. The minimum atomic E-state index is -0.0414. The molecule has 1 aromatic carbocycles. The van der Waals surface area contributed by atoms with Gasteiger partial charge in [-0.15, -0.1) is 0 Å². The van der Waals surface area contributed by atoms with Crippen LogP contribution < -0.4 is 0 Å². The van der Waals surface area contributed by atoms with Gasteiger partial charge in [-0.2, -0.15) is 0 Å². The lowest BCUT2D eigenvalue weighted by Gasteiger charge is -2.38. The van der Waals surface area contributed by atoms with Gasteiger partial charge in [0.25, 0.3) is 0 Å². The van der Waals surface area contributed by atoms with E-state index in [4.69, 9.17) is 4.74 Å². The molecule has 2 saturated heterocycles. The molecule has 0 N–H and O–H groups in total. The number of hydrogen-bond donors (Lipinski definition) is 0. The van der Waals surface area contributed by atoms with Crippen molar-refractivity contribution in [1.82, 2.24) is 29.3 Å². The summed E-state index contributed by atoms with van der Waals surface area (Å²) in [5, 5.41) is 0. The number of likely N-dealkylation sites (tertiary alicyclic amines) is 1. The molecular weight excluding hydrogens is 416 g/mol. The molecule has 1 spiro atoms. The molecule has 8 heteroatoms. The van der Waals surface area contributed by atoms with Gasteiger partial charge in [-0.1, -0.05) is 12.1 Å². The maximum Gasteiger partial charge on any atom is 0.227 e. The smallest absolute Gasteiger partial charge is 0.227 e. The number of benzene rings is 1. The van der Waals surface area contributed by atoms with E-state index in [0.717, 1.165) is 51.4 Å². The summed E-state index contributed by atoms with van der Waals surface area (Å²) in [7, 11) is 1.86. The zero-order chi connectivity index (χ0) is 22.7. The summed E-state index contributed by atoms with van der Waals surface area (Å²) in [6.07, 6.45) is 10.8. The van der Waals surface area contributed by atoms with Gasteiger partial charge in [0.2, 0.25) is 5.91 Å². The third kappa shape index (κ3) is 4.67. The van der Waals surface area contributed by atoms with Gasteiger partial charge in [0, 0.05) is 75.8 Å². The van der Waals surface area contributed by atoms with Crippen LogP contribution in [0.1, 0.15) is 24.2 Å². The molecule has 2 fully saturated rings. The van der Waals surface area contributed by atoms with Gasteiger partial charge in [0.15, 0.2) is 0 Å². The van der Waals surface area contributed by atoms with Crippen molar-refractivity contribution in [2.24, 2.45) is 11.3 Å². The standard InChI is InChI=1S/C25H30N6O2/c1-29(17-23-27-9-2-10-28-23)24(32)22-16-30(18-25(22)7-13-33-14-8-25)15-20-3-5-21(6-4-20)31-12-11-26-19-31/h2-6,9-12,19,22H,7-8,13-18H2,1H3/t22-/m0/s1. The van der Waals surface area contributed by atoms with Crippen molar-refractivity contribution in [2.45, 2.75) is 25.9 Å². The van der Waals surface area contributed by atoms with Gasteiger partial charge in [0.1, 0.15) is 5.82 Å². The predicted octanol–water partition coefficient (Wildman–Crippen LogP) is 2.55. The summed E-state index contributed by atoms with van der Waals surface area (Å²) in [5.41, 5.74) is 2.31. The lowest BCUT2D eigenvalue weighted by Crippen LogP contribution is -2.45. The Labute approximate surface area is 194 Å². The molecule has 1 amide bonds. The van der Waals surface area contributed by atoms with E-state index in [9.17, 15) is 4.79 Å². The molecule has 2 aromatic heterocycles. The fourth-order valence-corrected chi connectivity index (χ4v) is 5.23. The van der Waals surface area contributed by atoms with Crippen LogP contribution in [0.5, 0.6) is 0 Å². The molecule has 2 aliphatic heterocycles. The van der Waals surface area contributed by atoms with Crippen LogP contribution in [-0.4, -0.2) is 68.6 Å². The summed E-state index contributed by atoms with van der Waals surface area (Å²) >= 11 is 0. The molecule has 0 radical (unpaired) electrons. The molecule has 5 rings (SSSR count). The van der Waals surface area contributed by atoms with Gasteiger partial charge < -0.3 is 14.2 Å². The van der Waals surface area contributed by atoms with E-state index in [1.54, 1.807) is 35.9 Å². The summed E-state index contributed by atoms with van der Waals surface area (Å²) in [6.45, 7) is 4.40. The van der Waals surface area contributed by atoms with Crippen LogP contribution in [0.4, 0.5) is 0 Å². The van der Waals surface area contributed by atoms with Crippen LogP contribution in [0.3, 0.4) is 0 Å². The molecule has 33 heavy (non-hydrogen) atoms. The number of aromatic nitrogens is 4. The lowest BCUT2D eigenvalue weighted by atomic mass is 9.71. The predicted molar refractivity (Wildman–Crippen MR) is 123 cm³/mol. The number of hydrogen-bond acceptors (Lipinski definition) is 6. The van der Waals surface area contributed by atoms with Crippen molar-refractivity contribution >= 4 is 5.91 Å². The third-order valence-corrected chi connectivity index (χ3v) is 7.02. The maximum absolute atomic E-state index is 13.6. The highest BCUT2D eigenvalue weighted by Crippen LogP contribution is 2.45. The first-order chi connectivity index (χ1) is 16.1. The largest absolute Gasteiger partial charge is 0.381 e. The Hall–Kier alpha value is -3.10. The highest BCUT2D eigenvalue weighted by atomic mass is 16.5. The second-order valence-corrected chi connectivity index (χ2v) is 9.19. The SMILES string of the molecule is CN(Cc1ncccn1)C(=O)[C@@H]1CN(Cc2ccc(-n3ccnc3)cc2)CC12CCOCC2. The van der Waals surface area contributed by atoms with Crippen molar-refractivity contribution < 1.29 is 9.53 Å². The molecule has 0 aliphatic carbocycles. The molecule has 2 aliphatic rings. The van der Waals surface area contributed by atoms with Crippen LogP contribution in [-0.2, 0) is 22.6 Å². The number of carbonyl (C=O) groups is 1. The van der Waals surface area contributed by atoms with Crippen molar-refractivity contribution in [1.29, 1.82) is 0 Å². The second kappa shape index (κ2) is 9.41. The molecule has 0 saturated carbocycles. The van der Waals surface area contributed by atoms with E-state index in [1.165, 1.54) is 5.56 Å². The molecule has 1 atom stereocenters. The van der Waals surface area contributed by atoms with Crippen LogP contribution in [0.15, 0.2) is 61.4 Å². The molecule has 172 valence electrons. The number of nitrogens with zero attached hydrogens (tertiary/aromatic N) is 6. The van der Waals surface area contributed by atoms with Crippen LogP contribution >= 0.6 is 0 Å². The molecule has 4 heterocycles. The lowest BCUT2D eigenvalue weighted by molar-refractivity contribution is -0.140. The van der Waals surface area contributed by atoms with Crippen molar-refractivity contribution in [3.8, 4) is 5.69 Å². The average molecular weight is 447 g/mol. The quantitative estimate of drug-likeness (QED) is 0.579. The van der Waals surface area contributed by atoms with E-state index in [2.05, 4.69) is 44.1 Å². The zero-order valence-electron chi connectivity index (χ0n) is 19.0. The third-order valence-electron chi connectivity index (χ3n) is 7.02. The molecule has 8 nitrogen and oxygen atoms in total. The molecular formula is C25H30N6O2. The first-order valence-corrected chi connectivity index (χ1v) is 11.5. The number of ether oxygens (including phenoxy) is 1. The Bertz CT molecular complexity index is 1050. The molecule has 3 aromatic rings. The molecule has 0 unspecified atom stereocenters. The van der Waals surface area contributed by atoms with E-state index >= 15 is 0 Å². The van der Waals surface area contributed by atoms with Gasteiger partial charge in [0.05, 0.1) is 18.8 Å². The van der Waals surface area contributed by atoms with E-state index in [-0.39, 0.29) is 17.2 Å². The van der Waals surface area contributed by atoms with Crippen molar-refractivity contribution in [2.75, 3.05) is 33.4 Å². The van der Waals surface area contributed by atoms with Gasteiger partial charge >= 0.3 is 0 Å². The van der Waals surface area contributed by atoms with E-state index in [0.29, 0.717) is 12.4 Å². The topological polar surface area (TPSA) is 76.4 Å². The maximum atomic E-state index is 13.6. The second-order valence-electron chi connectivity index (χ2n) is 9.19. The summed E-state index contributed by atoms with van der Waals surface area (Å²) in [6, 6.07) is 10.4. The Balaban J connectivity index is 1.29. The van der Waals surface area contributed by atoms with E-state index in [1.807, 2.05) is 17.8 Å². The van der Waals surface area contributed by atoms with Crippen LogP contribution in [0.2, 0.25) is 0 Å². The monoisotopic (exact) mass is 446 g/mol. The fourth-order valence-electron chi connectivity index (χ4n) is 5.23. The van der Waals surface area contributed by atoms with Crippen molar-refractivity contribution in [3.05, 3.63) is 72.8 Å². The highest BCUT2D eigenvalue weighted by Gasteiger charge is 2.51. The highest BCUT2D eigenvalue weighted by molar-refractivity contribution is 5.80. The zero-order valence-corrected chi connectivity index (χ0v) is 19.0. The Morgan fingerprint density at radius 3 is 2.61 bits per heavy atom. The summed E-state index contributed by atoms with van der Waals surface area (Å²) in [5.74, 6) is 0.810. The number of carbonyl (C=O) groups excluding carboxylic acids is 1. The van der Waals surface area contributed by atoms with Crippen LogP contribution in [0, 0.1) is 11.3 Å². The van der Waals surface area contributed by atoms with Gasteiger partial charge in [-0.05, 0) is 36.6 Å². The number of imidazole rings is 1. The van der Waals surface area contributed by atoms with Gasteiger partial charge in [-0.3, -0.25) is 9.69 Å². The first kappa shape index (κ1) is 21.7. The first-order valence-electron chi connectivity index (χ1n) is 11.5. The van der Waals surface area contributed by atoms with Crippen molar-refractivity contribution in [3.63, 3.8) is 0 Å². The average Bonchev–Trinajstić information content (AvgIpc) is 3.49. The van der Waals surface area contributed by atoms with E-state index < -0.39 is 0 Å². The minimum Gasteiger partial charge on any atom is -0.381 e. The Morgan fingerprint density at radius 1 is 1.15 bits per heavy atom. The minimum absolute atomic E-state index is 0.0299. The number of amides is 1. The van der Waals surface area contributed by atoms with Gasteiger partial charge in [-0.25, -0.2) is 15.0 Å². The molecule has 0 bridgehead atoms. The normalized spacial score (nSPS) is 20.2. The fraction of sp³-hybridized carbons (Fsp3) is 0.440. The Morgan fingerprint density at radius 2 is 1.91 bits per heavy atom. The summed E-state index contributed by atoms with van der Waals surface area (Å²) in [4.78, 5) is 30.5. The Kier molecular flexibility index (Phi) is 6.20. The summed E-state index contributed by atoms with van der Waals surface area (Å²) < 4.78 is 7.67. The van der Waals surface area contributed by atoms with Crippen LogP contribution in [0.25, 0.3) is 5.69 Å².